The van der Waals surface area contributed by atoms with Crippen LogP contribution in [0.25, 0.3) is 0 Å². The third kappa shape index (κ3) is 4.94. The van der Waals surface area contributed by atoms with Gasteiger partial charge in [-0.2, -0.15) is 0 Å². The predicted molar refractivity (Wildman–Crippen MR) is 59.6 cm³/mol. The van der Waals surface area contributed by atoms with Crippen LogP contribution in [0.15, 0.2) is 12.2 Å². The molecule has 0 fully saturated rings. The Balaban J connectivity index is 3.97. The maximum Gasteiger partial charge on any atom is 0.330 e. The average molecular weight is 220 g/mol. The van der Waals surface area contributed by atoms with E-state index in [1.165, 1.54) is 7.11 Å². The molecule has 0 aromatic rings. The Labute approximate surface area is 86.7 Å². The molecule has 0 heterocycles. The lowest BCUT2D eigenvalue weighted by atomic mass is 10.1. The zero-order valence-corrected chi connectivity index (χ0v) is 10.2. The van der Waals surface area contributed by atoms with Crippen LogP contribution in [-0.2, 0) is 9.09 Å². The standard InChI is InChI=1S/C10H21O3P/c1-4-6-7-8-9-10(5-2)14(11,12)13-3/h4,6,10H,5,7-9H2,1-3H3,(H,11,12). The first-order valence-corrected chi connectivity index (χ1v) is 6.72. The second-order valence-electron chi connectivity index (χ2n) is 3.31. The zero-order valence-electron chi connectivity index (χ0n) is 9.27. The molecule has 4 heteroatoms. The van der Waals surface area contributed by atoms with Gasteiger partial charge in [-0.05, 0) is 32.6 Å². The summed E-state index contributed by atoms with van der Waals surface area (Å²) in [6.45, 7) is 3.89. The summed E-state index contributed by atoms with van der Waals surface area (Å²) in [5.41, 5.74) is -0.210. The molecule has 3 nitrogen and oxygen atoms in total. The first-order chi connectivity index (χ1) is 6.58. The normalized spacial score (nSPS) is 18.3. The molecule has 2 unspecified atom stereocenters. The van der Waals surface area contributed by atoms with Crippen LogP contribution in [0.1, 0.15) is 39.5 Å². The summed E-state index contributed by atoms with van der Waals surface area (Å²) in [4.78, 5) is 9.45. The Kier molecular flexibility index (Phi) is 7.16. The van der Waals surface area contributed by atoms with Crippen LogP contribution in [-0.4, -0.2) is 17.7 Å². The van der Waals surface area contributed by atoms with Gasteiger partial charge < -0.3 is 9.42 Å². The van der Waals surface area contributed by atoms with Crippen molar-refractivity contribution in [2.45, 2.75) is 45.2 Å². The van der Waals surface area contributed by atoms with Gasteiger partial charge in [-0.25, -0.2) is 0 Å². The summed E-state index contributed by atoms with van der Waals surface area (Å²) >= 11 is 0. The van der Waals surface area contributed by atoms with Gasteiger partial charge in [0.1, 0.15) is 0 Å². The van der Waals surface area contributed by atoms with E-state index in [0.717, 1.165) is 19.3 Å². The van der Waals surface area contributed by atoms with Crippen molar-refractivity contribution in [1.29, 1.82) is 0 Å². The third-order valence-corrected chi connectivity index (χ3v) is 4.41. The third-order valence-electron chi connectivity index (χ3n) is 2.34. The molecular weight excluding hydrogens is 199 g/mol. The maximum atomic E-state index is 11.5. The highest BCUT2D eigenvalue weighted by Crippen LogP contribution is 2.49. The predicted octanol–water partition coefficient (Wildman–Crippen LogP) is 3.34. The quantitative estimate of drug-likeness (QED) is 0.406. The Hall–Kier alpha value is -0.110. The molecule has 0 aromatic carbocycles. The lowest BCUT2D eigenvalue weighted by Crippen LogP contribution is -2.08. The van der Waals surface area contributed by atoms with Crippen molar-refractivity contribution >= 4 is 7.60 Å². The molecule has 0 amide bonds. The molecule has 1 N–H and O–H groups in total. The molecule has 14 heavy (non-hydrogen) atoms. The molecular formula is C10H21O3P. The van der Waals surface area contributed by atoms with Crippen molar-refractivity contribution in [1.82, 2.24) is 0 Å². The van der Waals surface area contributed by atoms with E-state index in [9.17, 15) is 9.46 Å². The summed E-state index contributed by atoms with van der Waals surface area (Å²) in [5, 5.41) is 0. The molecule has 0 aliphatic carbocycles. The van der Waals surface area contributed by atoms with Gasteiger partial charge in [-0.15, -0.1) is 0 Å². The summed E-state index contributed by atoms with van der Waals surface area (Å²) in [6.07, 6.45) is 7.42. The van der Waals surface area contributed by atoms with E-state index in [0.29, 0.717) is 6.42 Å². The minimum atomic E-state index is -3.36. The molecule has 0 bridgehead atoms. The van der Waals surface area contributed by atoms with Crippen LogP contribution in [0.4, 0.5) is 0 Å². The Morgan fingerprint density at radius 2 is 2.21 bits per heavy atom. The smallest absolute Gasteiger partial charge is 0.324 e. The van der Waals surface area contributed by atoms with Crippen molar-refractivity contribution in [2.75, 3.05) is 7.11 Å². The Morgan fingerprint density at radius 3 is 2.64 bits per heavy atom. The molecule has 0 aliphatic rings. The number of hydrogen-bond acceptors (Lipinski definition) is 2. The molecule has 84 valence electrons. The van der Waals surface area contributed by atoms with Gasteiger partial charge in [0.05, 0.1) is 5.66 Å². The Bertz CT molecular complexity index is 213. The van der Waals surface area contributed by atoms with Gasteiger partial charge in [0.15, 0.2) is 0 Å². The van der Waals surface area contributed by atoms with Crippen molar-refractivity contribution in [3.63, 3.8) is 0 Å². The summed E-state index contributed by atoms with van der Waals surface area (Å²) in [7, 11) is -2.06. The van der Waals surface area contributed by atoms with Crippen LogP contribution in [0.3, 0.4) is 0 Å². The molecule has 0 aromatic heterocycles. The first-order valence-electron chi connectivity index (χ1n) is 5.07. The minimum Gasteiger partial charge on any atom is -0.324 e. The second kappa shape index (κ2) is 7.22. The van der Waals surface area contributed by atoms with Crippen LogP contribution < -0.4 is 0 Å². The maximum absolute atomic E-state index is 11.5. The van der Waals surface area contributed by atoms with Gasteiger partial charge >= 0.3 is 7.60 Å². The van der Waals surface area contributed by atoms with E-state index >= 15 is 0 Å². The van der Waals surface area contributed by atoms with E-state index in [4.69, 9.17) is 0 Å². The first kappa shape index (κ1) is 13.9. The molecule has 0 radical (unpaired) electrons. The lowest BCUT2D eigenvalue weighted by molar-refractivity contribution is 0.299. The largest absolute Gasteiger partial charge is 0.330 e. The fourth-order valence-corrected chi connectivity index (χ4v) is 2.65. The number of rotatable bonds is 7. The SMILES string of the molecule is CC=CCCCC(CC)P(=O)(O)OC. The van der Waals surface area contributed by atoms with Crippen molar-refractivity contribution < 1.29 is 14.0 Å². The van der Waals surface area contributed by atoms with Gasteiger partial charge in [0.2, 0.25) is 0 Å². The zero-order chi connectivity index (χ0) is 11.0. The van der Waals surface area contributed by atoms with Crippen molar-refractivity contribution in [3.05, 3.63) is 12.2 Å². The molecule has 0 spiro atoms. The van der Waals surface area contributed by atoms with Crippen LogP contribution in [0.2, 0.25) is 0 Å². The number of unbranched alkanes of at least 4 members (excludes halogenated alkanes) is 1. The molecule has 0 saturated heterocycles. The van der Waals surface area contributed by atoms with E-state index < -0.39 is 7.60 Å². The van der Waals surface area contributed by atoms with Gasteiger partial charge in [-0.1, -0.05) is 19.1 Å². The van der Waals surface area contributed by atoms with E-state index in [1.54, 1.807) is 0 Å². The van der Waals surface area contributed by atoms with Crippen molar-refractivity contribution in [2.24, 2.45) is 0 Å². The second-order valence-corrected chi connectivity index (χ2v) is 5.53. The fraction of sp³-hybridized carbons (Fsp3) is 0.800. The Morgan fingerprint density at radius 1 is 1.57 bits per heavy atom. The van der Waals surface area contributed by atoms with Crippen LogP contribution >= 0.6 is 7.60 Å². The van der Waals surface area contributed by atoms with Gasteiger partial charge in [0, 0.05) is 7.11 Å². The average Bonchev–Trinajstić information content (AvgIpc) is 2.17. The van der Waals surface area contributed by atoms with Gasteiger partial charge in [-0.3, -0.25) is 4.57 Å². The summed E-state index contributed by atoms with van der Waals surface area (Å²) in [5.74, 6) is 0. The van der Waals surface area contributed by atoms with E-state index in [2.05, 4.69) is 10.6 Å². The monoisotopic (exact) mass is 220 g/mol. The fourth-order valence-electron chi connectivity index (χ4n) is 1.39. The summed E-state index contributed by atoms with van der Waals surface area (Å²) in [6, 6.07) is 0. The minimum absolute atomic E-state index is 0.210. The molecule has 0 aliphatic heterocycles. The summed E-state index contributed by atoms with van der Waals surface area (Å²) < 4.78 is 16.1. The van der Waals surface area contributed by atoms with Gasteiger partial charge in [0.25, 0.3) is 0 Å². The van der Waals surface area contributed by atoms with E-state index in [1.807, 2.05) is 19.9 Å². The van der Waals surface area contributed by atoms with Crippen molar-refractivity contribution in [3.8, 4) is 0 Å². The number of allylic oxidation sites excluding steroid dienone is 2. The highest BCUT2D eigenvalue weighted by atomic mass is 31.2. The molecule has 0 saturated carbocycles. The molecule has 2 atom stereocenters. The highest BCUT2D eigenvalue weighted by molar-refractivity contribution is 7.53. The lowest BCUT2D eigenvalue weighted by Gasteiger charge is -2.19. The van der Waals surface area contributed by atoms with Crippen LogP contribution in [0.5, 0.6) is 0 Å². The van der Waals surface area contributed by atoms with Crippen LogP contribution in [0, 0.1) is 0 Å². The topological polar surface area (TPSA) is 46.5 Å². The highest BCUT2D eigenvalue weighted by Gasteiger charge is 2.28. The van der Waals surface area contributed by atoms with E-state index in [-0.39, 0.29) is 5.66 Å². The molecule has 0 rings (SSSR count). The number of hydrogen-bond donors (Lipinski definition) is 1.